The van der Waals surface area contributed by atoms with Crippen LogP contribution in [0.2, 0.25) is 5.02 Å². The molecule has 0 bridgehead atoms. The largest absolute Gasteiger partial charge is 0.320 e. The molecule has 1 unspecified atom stereocenters. The third kappa shape index (κ3) is 3.48. The summed E-state index contributed by atoms with van der Waals surface area (Å²) in [5.74, 6) is 0.814. The van der Waals surface area contributed by atoms with E-state index in [0.717, 1.165) is 35.7 Å². The fraction of sp³-hybridized carbons (Fsp3) is 0.450. The Morgan fingerprint density at radius 3 is 2.88 bits per heavy atom. The van der Waals surface area contributed by atoms with Crippen LogP contribution in [0.3, 0.4) is 0 Å². The van der Waals surface area contributed by atoms with Crippen molar-refractivity contribution in [3.8, 4) is 0 Å². The van der Waals surface area contributed by atoms with Crippen LogP contribution in [-0.2, 0) is 11.2 Å². The molecule has 132 valence electrons. The summed E-state index contributed by atoms with van der Waals surface area (Å²) >= 11 is 8.21. The van der Waals surface area contributed by atoms with Crippen LogP contribution in [0.5, 0.6) is 0 Å². The lowest BCUT2D eigenvalue weighted by atomic mass is 9.96. The Morgan fingerprint density at radius 1 is 1.36 bits per heavy atom. The molecule has 0 saturated heterocycles. The van der Waals surface area contributed by atoms with Crippen LogP contribution in [-0.4, -0.2) is 19.0 Å². The van der Waals surface area contributed by atoms with Crippen LogP contribution in [0.1, 0.15) is 40.5 Å². The molecule has 25 heavy (non-hydrogen) atoms. The smallest absolute Gasteiger partial charge is 0.279 e. The summed E-state index contributed by atoms with van der Waals surface area (Å²) < 4.78 is 0. The van der Waals surface area contributed by atoms with Gasteiger partial charge in [-0.25, -0.2) is 0 Å². The zero-order chi connectivity index (χ0) is 17.6. The molecule has 1 fully saturated rings. The first-order chi connectivity index (χ1) is 12.0. The van der Waals surface area contributed by atoms with Gasteiger partial charge in [0.25, 0.3) is 5.91 Å². The van der Waals surface area contributed by atoms with Gasteiger partial charge in [0, 0.05) is 22.8 Å². The topological polar surface area (TPSA) is 33.5 Å². The first-order valence-corrected chi connectivity index (χ1v) is 10.3. The summed E-state index contributed by atoms with van der Waals surface area (Å²) in [7, 11) is 0. The highest BCUT2D eigenvalue weighted by molar-refractivity contribution is 7.10. The minimum Gasteiger partial charge on any atom is -0.320 e. The molecule has 1 aromatic carbocycles. The van der Waals surface area contributed by atoms with Crippen LogP contribution in [0.4, 0.5) is 5.69 Å². The third-order valence-electron chi connectivity index (χ3n) is 5.41. The number of carbonyl (C=O) groups excluding carboxylic acids is 1. The molecule has 2 aliphatic rings. The molecule has 1 saturated carbocycles. The maximum Gasteiger partial charge on any atom is 0.279 e. The van der Waals surface area contributed by atoms with Crippen molar-refractivity contribution in [3.63, 3.8) is 0 Å². The predicted molar refractivity (Wildman–Crippen MR) is 104 cm³/mol. The molecule has 2 atom stereocenters. The molecule has 4 rings (SSSR count). The van der Waals surface area contributed by atoms with Gasteiger partial charge in [-0.05, 0) is 55.3 Å². The molecule has 1 aromatic heterocycles. The molecular formula is C20H24ClN2OS+. The monoisotopic (exact) mass is 375 g/mol. The standard InChI is InChI=1S/C20H23ClN2OS/c1-12-9-13(2)19(16(21)10-12)22-18(24)11-23-7-5-17-15(6-8-25-17)20(23)14-3-4-14/h6,8-10,14,20H,3-5,7,11H2,1-2H3,(H,22,24)/p+1/t20-/m1/s1. The van der Waals surface area contributed by atoms with E-state index in [1.807, 2.05) is 31.3 Å². The Morgan fingerprint density at radius 2 is 2.16 bits per heavy atom. The number of quaternary nitrogens is 1. The fourth-order valence-corrected chi connectivity index (χ4v) is 5.46. The Kier molecular flexibility index (Phi) is 4.61. The summed E-state index contributed by atoms with van der Waals surface area (Å²) in [6, 6.07) is 6.74. The minimum atomic E-state index is 0.0631. The third-order valence-corrected chi connectivity index (χ3v) is 6.70. The van der Waals surface area contributed by atoms with Gasteiger partial charge in [0.2, 0.25) is 0 Å². The molecular weight excluding hydrogens is 352 g/mol. The number of benzene rings is 1. The molecule has 2 aromatic rings. The molecule has 2 N–H and O–H groups in total. The van der Waals surface area contributed by atoms with Gasteiger partial charge >= 0.3 is 0 Å². The lowest BCUT2D eigenvalue weighted by Gasteiger charge is -2.32. The number of amides is 1. The van der Waals surface area contributed by atoms with E-state index in [4.69, 9.17) is 11.6 Å². The molecule has 0 spiro atoms. The van der Waals surface area contributed by atoms with E-state index in [2.05, 4.69) is 22.8 Å². The highest BCUT2D eigenvalue weighted by Crippen LogP contribution is 2.42. The van der Waals surface area contributed by atoms with E-state index in [0.29, 0.717) is 17.6 Å². The number of hydrogen-bond donors (Lipinski definition) is 2. The second-order valence-electron chi connectivity index (χ2n) is 7.44. The van der Waals surface area contributed by atoms with Gasteiger partial charge in [-0.3, -0.25) is 4.79 Å². The SMILES string of the molecule is Cc1cc(C)c(NC(=O)C[NH+]2CCc3sccc3[C@H]2C2CC2)c(Cl)c1. The number of thiophene rings is 1. The molecule has 0 radical (unpaired) electrons. The highest BCUT2D eigenvalue weighted by atomic mass is 35.5. The van der Waals surface area contributed by atoms with Crippen molar-refractivity contribution in [1.29, 1.82) is 0 Å². The lowest BCUT2D eigenvalue weighted by Crippen LogP contribution is -3.14. The summed E-state index contributed by atoms with van der Waals surface area (Å²) in [6.45, 7) is 5.57. The van der Waals surface area contributed by atoms with Crippen molar-refractivity contribution >= 4 is 34.5 Å². The number of rotatable bonds is 4. The Labute approximate surface area is 158 Å². The lowest BCUT2D eigenvalue weighted by molar-refractivity contribution is -0.928. The van der Waals surface area contributed by atoms with E-state index in [1.54, 1.807) is 0 Å². The van der Waals surface area contributed by atoms with Crippen molar-refractivity contribution in [3.05, 3.63) is 50.2 Å². The van der Waals surface area contributed by atoms with Crippen LogP contribution < -0.4 is 10.2 Å². The van der Waals surface area contributed by atoms with Crippen molar-refractivity contribution in [2.45, 2.75) is 39.2 Å². The number of anilines is 1. The van der Waals surface area contributed by atoms with Gasteiger partial charge in [-0.15, -0.1) is 11.3 Å². The van der Waals surface area contributed by atoms with Gasteiger partial charge < -0.3 is 10.2 Å². The molecule has 1 aliphatic carbocycles. The normalized spacial score (nSPS) is 22.5. The van der Waals surface area contributed by atoms with Crippen molar-refractivity contribution in [1.82, 2.24) is 0 Å². The number of nitrogens with one attached hydrogen (secondary N) is 2. The van der Waals surface area contributed by atoms with Crippen LogP contribution in [0.25, 0.3) is 0 Å². The van der Waals surface area contributed by atoms with Gasteiger partial charge in [0.15, 0.2) is 6.54 Å². The van der Waals surface area contributed by atoms with E-state index < -0.39 is 0 Å². The maximum absolute atomic E-state index is 12.7. The minimum absolute atomic E-state index is 0.0631. The number of carbonyl (C=O) groups is 1. The van der Waals surface area contributed by atoms with Gasteiger partial charge in [-0.1, -0.05) is 17.7 Å². The fourth-order valence-electron chi connectivity index (χ4n) is 4.16. The summed E-state index contributed by atoms with van der Waals surface area (Å²) in [5, 5.41) is 5.89. The molecule has 1 aliphatic heterocycles. The zero-order valence-electron chi connectivity index (χ0n) is 14.7. The number of halogens is 1. The van der Waals surface area contributed by atoms with E-state index >= 15 is 0 Å². The molecule has 2 heterocycles. The summed E-state index contributed by atoms with van der Waals surface area (Å²) in [4.78, 5) is 15.7. The van der Waals surface area contributed by atoms with Gasteiger partial charge in [0.05, 0.1) is 17.3 Å². The van der Waals surface area contributed by atoms with Crippen LogP contribution in [0.15, 0.2) is 23.6 Å². The molecule has 5 heteroatoms. The highest BCUT2D eigenvalue weighted by Gasteiger charge is 2.43. The van der Waals surface area contributed by atoms with E-state index in [-0.39, 0.29) is 5.91 Å². The molecule has 1 amide bonds. The van der Waals surface area contributed by atoms with Crippen molar-refractivity contribution < 1.29 is 9.69 Å². The van der Waals surface area contributed by atoms with Gasteiger partial charge in [0.1, 0.15) is 6.04 Å². The number of hydrogen-bond acceptors (Lipinski definition) is 2. The summed E-state index contributed by atoms with van der Waals surface area (Å²) in [6.07, 6.45) is 3.69. The van der Waals surface area contributed by atoms with E-state index in [1.165, 1.54) is 28.2 Å². The van der Waals surface area contributed by atoms with Crippen LogP contribution in [0, 0.1) is 19.8 Å². The first kappa shape index (κ1) is 17.1. The average Bonchev–Trinajstić information content (AvgIpc) is 3.27. The average molecular weight is 376 g/mol. The van der Waals surface area contributed by atoms with E-state index in [9.17, 15) is 4.79 Å². The maximum atomic E-state index is 12.7. The first-order valence-electron chi connectivity index (χ1n) is 9.00. The second kappa shape index (κ2) is 6.75. The number of aryl methyl sites for hydroxylation is 2. The van der Waals surface area contributed by atoms with Gasteiger partial charge in [-0.2, -0.15) is 0 Å². The summed E-state index contributed by atoms with van der Waals surface area (Å²) in [5.41, 5.74) is 4.38. The Hall–Kier alpha value is -1.36. The van der Waals surface area contributed by atoms with Crippen LogP contribution >= 0.6 is 22.9 Å². The zero-order valence-corrected chi connectivity index (χ0v) is 16.3. The molecule has 3 nitrogen and oxygen atoms in total. The van der Waals surface area contributed by atoms with Crippen molar-refractivity contribution in [2.24, 2.45) is 5.92 Å². The predicted octanol–water partition coefficient (Wildman–Crippen LogP) is 3.55. The second-order valence-corrected chi connectivity index (χ2v) is 8.84. The quantitative estimate of drug-likeness (QED) is 0.841. The van der Waals surface area contributed by atoms with Crippen molar-refractivity contribution in [2.75, 3.05) is 18.4 Å². The Balaban J connectivity index is 1.49. The number of fused-ring (bicyclic) bond motifs is 1. The Bertz CT molecular complexity index is 789.